The molecule has 3 aromatic rings. The van der Waals surface area contributed by atoms with Gasteiger partial charge in [-0.2, -0.15) is 4.98 Å². The van der Waals surface area contributed by atoms with Gasteiger partial charge in [0.05, 0.1) is 19.0 Å². The van der Waals surface area contributed by atoms with Crippen molar-refractivity contribution in [2.75, 3.05) is 11.9 Å². The molecule has 1 aliphatic rings. The first-order chi connectivity index (χ1) is 18.0. The van der Waals surface area contributed by atoms with Crippen molar-refractivity contribution in [3.63, 3.8) is 0 Å². The summed E-state index contributed by atoms with van der Waals surface area (Å²) in [5.74, 6) is 0.867. The molecular formula is C27H44N6O4Si2. The number of fused-ring (bicyclic) bond motifs is 1. The first-order valence-corrected chi connectivity index (χ1v) is 19.4. The van der Waals surface area contributed by atoms with E-state index in [0.29, 0.717) is 24.5 Å². The van der Waals surface area contributed by atoms with Crippen LogP contribution in [0.2, 0.25) is 36.3 Å². The van der Waals surface area contributed by atoms with Crippen molar-refractivity contribution in [3.05, 3.63) is 41.1 Å². The molecule has 12 heteroatoms. The van der Waals surface area contributed by atoms with Gasteiger partial charge in [0.2, 0.25) is 5.95 Å². The number of hydrogen-bond acceptors (Lipinski definition) is 8. The Morgan fingerprint density at radius 1 is 1.08 bits per heavy atom. The van der Waals surface area contributed by atoms with E-state index in [1.165, 1.54) is 0 Å². The Kier molecular flexibility index (Phi) is 8.00. The van der Waals surface area contributed by atoms with Crippen molar-refractivity contribution < 1.29 is 13.6 Å². The van der Waals surface area contributed by atoms with Gasteiger partial charge >= 0.3 is 0 Å². The van der Waals surface area contributed by atoms with Crippen molar-refractivity contribution in [2.45, 2.75) is 103 Å². The molecule has 1 fully saturated rings. The smallest absolute Gasteiger partial charge is 0.280 e. The number of aromatic amines is 1. The van der Waals surface area contributed by atoms with E-state index in [9.17, 15) is 4.79 Å². The van der Waals surface area contributed by atoms with Crippen molar-refractivity contribution in [1.82, 2.24) is 24.5 Å². The summed E-state index contributed by atoms with van der Waals surface area (Å²) in [6.07, 6.45) is 3.12. The molecule has 0 amide bonds. The molecule has 0 spiro atoms. The third-order valence-corrected chi connectivity index (χ3v) is 17.5. The van der Waals surface area contributed by atoms with E-state index in [0.717, 1.165) is 0 Å². The van der Waals surface area contributed by atoms with Gasteiger partial charge in [0.25, 0.3) is 5.56 Å². The Hall–Kier alpha value is -2.39. The maximum atomic E-state index is 12.8. The van der Waals surface area contributed by atoms with Crippen LogP contribution in [0.4, 0.5) is 11.8 Å². The van der Waals surface area contributed by atoms with Crippen LogP contribution in [0, 0.1) is 0 Å². The zero-order chi connectivity index (χ0) is 28.8. The van der Waals surface area contributed by atoms with Crippen LogP contribution in [0.1, 0.15) is 54.2 Å². The number of rotatable bonds is 8. The molecule has 0 aromatic carbocycles. The summed E-state index contributed by atoms with van der Waals surface area (Å²) in [5.41, 5.74) is 0.370. The van der Waals surface area contributed by atoms with Crippen LogP contribution in [0.3, 0.4) is 0 Å². The highest BCUT2D eigenvalue weighted by Crippen LogP contribution is 2.42. The molecule has 1 aliphatic heterocycles. The summed E-state index contributed by atoms with van der Waals surface area (Å²) in [5, 5.41) is 3.21. The van der Waals surface area contributed by atoms with Crippen LogP contribution in [0.25, 0.3) is 11.2 Å². The highest BCUT2D eigenvalue weighted by Gasteiger charge is 2.47. The third-order valence-electron chi connectivity index (χ3n) is 8.50. The van der Waals surface area contributed by atoms with Crippen LogP contribution >= 0.6 is 0 Å². The largest absolute Gasteiger partial charge is 0.414 e. The Morgan fingerprint density at radius 2 is 1.77 bits per heavy atom. The maximum absolute atomic E-state index is 12.8. The quantitative estimate of drug-likeness (QED) is 0.318. The predicted molar refractivity (Wildman–Crippen MR) is 159 cm³/mol. The summed E-state index contributed by atoms with van der Waals surface area (Å²) >= 11 is 0. The molecule has 0 aliphatic carbocycles. The maximum Gasteiger partial charge on any atom is 0.280 e. The van der Waals surface area contributed by atoms with E-state index in [-0.39, 0.29) is 39.3 Å². The van der Waals surface area contributed by atoms with Gasteiger partial charge in [-0.05, 0) is 48.4 Å². The Balaban J connectivity index is 1.64. The molecule has 0 saturated carbocycles. The second-order valence-corrected chi connectivity index (χ2v) is 23.0. The minimum absolute atomic E-state index is 0.0541. The number of H-pyrrole nitrogens is 1. The van der Waals surface area contributed by atoms with Gasteiger partial charge in [-0.1, -0.05) is 47.6 Å². The van der Waals surface area contributed by atoms with Crippen molar-refractivity contribution >= 4 is 39.6 Å². The first-order valence-electron chi connectivity index (χ1n) is 13.6. The number of pyridine rings is 1. The average Bonchev–Trinajstić information content (AvgIpc) is 3.41. The number of ether oxygens (including phenoxy) is 1. The molecule has 2 N–H and O–H groups in total. The lowest BCUT2D eigenvalue weighted by Gasteiger charge is -2.40. The number of imidazole rings is 1. The molecule has 0 unspecified atom stereocenters. The molecule has 10 nitrogen and oxygen atoms in total. The molecule has 1 saturated heterocycles. The molecule has 214 valence electrons. The molecule has 0 bridgehead atoms. The van der Waals surface area contributed by atoms with Crippen LogP contribution in [0.5, 0.6) is 0 Å². The molecular weight excluding hydrogens is 529 g/mol. The molecule has 3 atom stereocenters. The number of aromatic nitrogens is 5. The van der Waals surface area contributed by atoms with E-state index >= 15 is 0 Å². The Morgan fingerprint density at radius 3 is 2.38 bits per heavy atom. The molecule has 3 aromatic heterocycles. The van der Waals surface area contributed by atoms with Crippen molar-refractivity contribution in [2.24, 2.45) is 0 Å². The van der Waals surface area contributed by atoms with Gasteiger partial charge in [0, 0.05) is 12.6 Å². The number of nitrogens with zero attached hydrogens (tertiary/aromatic N) is 4. The number of nitrogens with one attached hydrogen (secondary N) is 2. The highest BCUT2D eigenvalue weighted by molar-refractivity contribution is 6.74. The van der Waals surface area contributed by atoms with Crippen LogP contribution in [-0.2, 0) is 13.6 Å². The lowest BCUT2D eigenvalue weighted by atomic mass is 10.2. The molecule has 0 radical (unpaired) electrons. The van der Waals surface area contributed by atoms with Crippen molar-refractivity contribution in [1.29, 1.82) is 0 Å². The van der Waals surface area contributed by atoms with Gasteiger partial charge in [-0.3, -0.25) is 14.3 Å². The summed E-state index contributed by atoms with van der Waals surface area (Å²) in [6, 6.07) is 5.49. The molecule has 4 rings (SSSR count). The summed E-state index contributed by atoms with van der Waals surface area (Å²) in [6.45, 7) is 22.9. The van der Waals surface area contributed by atoms with E-state index in [4.69, 9.17) is 13.6 Å². The highest BCUT2D eigenvalue weighted by atomic mass is 28.4. The third kappa shape index (κ3) is 6.35. The van der Waals surface area contributed by atoms with E-state index in [1.807, 2.05) is 16.7 Å². The lowest BCUT2D eigenvalue weighted by molar-refractivity contribution is -0.0383. The van der Waals surface area contributed by atoms with Gasteiger partial charge in [0.1, 0.15) is 18.1 Å². The monoisotopic (exact) mass is 572 g/mol. The summed E-state index contributed by atoms with van der Waals surface area (Å²) < 4.78 is 22.0. The second-order valence-electron chi connectivity index (χ2n) is 13.4. The number of anilines is 2. The normalized spacial score (nSPS) is 21.0. The SMILES string of the molecule is CC(C)(C)[Si](C)(C)OC[C@H]1O[C@@H](n2cnc3c(=O)[nH]c(Nc4ccccn4)nc32)C[C@@H]1O[Si](C)(C)C(C)(C)C. The van der Waals surface area contributed by atoms with Gasteiger partial charge in [-0.15, -0.1) is 0 Å². The van der Waals surface area contributed by atoms with Gasteiger partial charge in [-0.25, -0.2) is 9.97 Å². The second kappa shape index (κ2) is 10.5. The fraction of sp³-hybridized carbons (Fsp3) is 0.630. The van der Waals surface area contributed by atoms with Gasteiger partial charge in [0.15, 0.2) is 27.8 Å². The fourth-order valence-corrected chi connectivity index (χ4v) is 6.33. The Bertz CT molecular complexity index is 1340. The van der Waals surface area contributed by atoms with E-state index in [1.54, 1.807) is 18.6 Å². The summed E-state index contributed by atoms with van der Waals surface area (Å²) in [4.78, 5) is 28.9. The zero-order valence-corrected chi connectivity index (χ0v) is 27.0. The average molecular weight is 573 g/mol. The lowest BCUT2D eigenvalue weighted by Crippen LogP contribution is -2.48. The Labute approximate surface area is 233 Å². The minimum atomic E-state index is -2.09. The van der Waals surface area contributed by atoms with Crippen LogP contribution < -0.4 is 10.9 Å². The van der Waals surface area contributed by atoms with Gasteiger partial charge < -0.3 is 18.9 Å². The zero-order valence-electron chi connectivity index (χ0n) is 25.0. The van der Waals surface area contributed by atoms with Crippen LogP contribution in [0.15, 0.2) is 35.5 Å². The summed E-state index contributed by atoms with van der Waals surface area (Å²) in [7, 11) is -4.09. The fourth-order valence-electron chi connectivity index (χ4n) is 3.96. The predicted octanol–water partition coefficient (Wildman–Crippen LogP) is 5.96. The topological polar surface area (TPSA) is 116 Å². The number of hydrogen-bond donors (Lipinski definition) is 2. The minimum Gasteiger partial charge on any atom is -0.414 e. The van der Waals surface area contributed by atoms with E-state index in [2.05, 4.69) is 93.0 Å². The molecule has 39 heavy (non-hydrogen) atoms. The standard InChI is InChI=1S/C27H44N6O4Si2/c1-26(2,3)38(7,8)35-16-19-18(37-39(9,10)27(4,5)6)15-21(36-19)33-17-29-22-23(33)31-25(32-24(22)34)30-20-13-11-12-14-28-20/h11-14,17-19,21H,15-16H2,1-10H3,(H2,28,30,31,32,34)/t18-,19+,21+/m0/s1. The first kappa shape index (κ1) is 29.6. The molecule has 4 heterocycles. The van der Waals surface area contributed by atoms with E-state index < -0.39 is 22.9 Å². The van der Waals surface area contributed by atoms with Crippen molar-refractivity contribution in [3.8, 4) is 0 Å². The van der Waals surface area contributed by atoms with Crippen LogP contribution in [-0.4, -0.2) is 60.0 Å².